The first-order valence-electron chi connectivity index (χ1n) is 19.9. The molecule has 2 aromatic heterocycles. The predicted molar refractivity (Wildman–Crippen MR) is 249 cm³/mol. The van der Waals surface area contributed by atoms with E-state index in [0.29, 0.717) is 0 Å². The van der Waals surface area contributed by atoms with Gasteiger partial charge in [-0.2, -0.15) is 0 Å². The second-order valence-corrected chi connectivity index (χ2v) is 15.7. The van der Waals surface area contributed by atoms with Crippen LogP contribution in [-0.2, 0) is 0 Å². The van der Waals surface area contributed by atoms with Gasteiger partial charge in [0.2, 0.25) is 0 Å². The minimum absolute atomic E-state index is 0.877. The van der Waals surface area contributed by atoms with Gasteiger partial charge in [0.1, 0.15) is 16.2 Å². The summed E-state index contributed by atoms with van der Waals surface area (Å²) < 4.78 is 7.78. The average Bonchev–Trinajstić information content (AvgIpc) is 3.92. The fourth-order valence-corrected chi connectivity index (χ4v) is 9.27. The van der Waals surface area contributed by atoms with E-state index in [-0.39, 0.29) is 0 Å². The molecular weight excluding hydrogens is 737 g/mol. The van der Waals surface area contributed by atoms with Crippen molar-refractivity contribution in [3.8, 4) is 55.1 Å². The van der Waals surface area contributed by atoms with E-state index >= 15 is 0 Å². The van der Waals surface area contributed by atoms with Crippen LogP contribution in [-0.4, -0.2) is 4.98 Å². The van der Waals surface area contributed by atoms with Gasteiger partial charge in [0.05, 0.1) is 10.2 Å². The standard InChI is InChI=1S/C55H36N2OS/c1-4-12-37(13-5-1)39-20-22-40(23-21-39)42-26-32-46(33-27-42)57(45-30-24-41(25-31-45)38-14-6-2-7-15-38)47-34-28-43(29-35-47)52-53-49(48-18-10-11-19-51(48)58-53)36-50-54(52)59-55(56-50)44-16-8-3-9-17-44/h1-36H. The molecule has 2 heterocycles. The Morgan fingerprint density at radius 2 is 0.780 bits per heavy atom. The number of aromatic nitrogens is 1. The quantitative estimate of drug-likeness (QED) is 0.154. The summed E-state index contributed by atoms with van der Waals surface area (Å²) in [5.41, 5.74) is 16.4. The topological polar surface area (TPSA) is 29.3 Å². The Morgan fingerprint density at radius 3 is 1.29 bits per heavy atom. The van der Waals surface area contributed by atoms with Crippen LogP contribution in [0.2, 0.25) is 0 Å². The lowest BCUT2D eigenvalue weighted by Crippen LogP contribution is -2.09. The summed E-state index contributed by atoms with van der Waals surface area (Å²) >= 11 is 1.72. The lowest BCUT2D eigenvalue weighted by Gasteiger charge is -2.26. The third-order valence-electron chi connectivity index (χ3n) is 11.1. The van der Waals surface area contributed by atoms with Crippen LogP contribution in [0.25, 0.3) is 87.2 Å². The summed E-state index contributed by atoms with van der Waals surface area (Å²) in [5, 5.41) is 3.17. The van der Waals surface area contributed by atoms with E-state index in [0.717, 1.165) is 70.9 Å². The van der Waals surface area contributed by atoms with Crippen molar-refractivity contribution in [1.82, 2.24) is 4.98 Å². The highest BCUT2D eigenvalue weighted by Crippen LogP contribution is 2.46. The van der Waals surface area contributed by atoms with Crippen molar-refractivity contribution < 1.29 is 4.42 Å². The highest BCUT2D eigenvalue weighted by atomic mass is 32.1. The molecule has 0 aliphatic heterocycles. The van der Waals surface area contributed by atoms with Crippen molar-refractivity contribution >= 4 is 60.6 Å². The van der Waals surface area contributed by atoms with E-state index in [9.17, 15) is 0 Å². The molecule has 0 N–H and O–H groups in total. The van der Waals surface area contributed by atoms with Crippen LogP contribution >= 0.6 is 11.3 Å². The number of anilines is 3. The first-order valence-corrected chi connectivity index (χ1v) is 20.7. The Bertz CT molecular complexity index is 3210. The Labute approximate surface area is 346 Å². The van der Waals surface area contributed by atoms with E-state index in [1.807, 2.05) is 18.2 Å². The van der Waals surface area contributed by atoms with Crippen LogP contribution in [0.3, 0.4) is 0 Å². The second kappa shape index (κ2) is 14.8. The van der Waals surface area contributed by atoms with Crippen LogP contribution in [0.5, 0.6) is 0 Å². The average molecular weight is 773 g/mol. The zero-order valence-corrected chi connectivity index (χ0v) is 32.8. The minimum Gasteiger partial charge on any atom is -0.455 e. The number of hydrogen-bond acceptors (Lipinski definition) is 4. The highest BCUT2D eigenvalue weighted by molar-refractivity contribution is 7.22. The zero-order chi connectivity index (χ0) is 39.1. The lowest BCUT2D eigenvalue weighted by atomic mass is 9.99. The molecule has 0 aliphatic carbocycles. The summed E-state index contributed by atoms with van der Waals surface area (Å²) in [4.78, 5) is 7.51. The maximum absolute atomic E-state index is 6.67. The Hall–Kier alpha value is -7.53. The molecule has 0 unspecified atom stereocenters. The number of furan rings is 1. The third-order valence-corrected chi connectivity index (χ3v) is 12.3. The van der Waals surface area contributed by atoms with Crippen molar-refractivity contribution in [2.45, 2.75) is 0 Å². The first-order chi connectivity index (χ1) is 29.2. The second-order valence-electron chi connectivity index (χ2n) is 14.7. The molecule has 4 heteroatoms. The maximum Gasteiger partial charge on any atom is 0.144 e. The fourth-order valence-electron chi connectivity index (χ4n) is 8.16. The Balaban J connectivity index is 1.00. The van der Waals surface area contributed by atoms with Crippen molar-refractivity contribution in [1.29, 1.82) is 0 Å². The predicted octanol–water partition coefficient (Wildman–Crippen LogP) is 16.0. The van der Waals surface area contributed by atoms with Crippen molar-refractivity contribution in [3.63, 3.8) is 0 Å². The largest absolute Gasteiger partial charge is 0.455 e. The molecule has 11 aromatic rings. The molecule has 0 saturated heterocycles. The number of nitrogens with zero attached hydrogens (tertiary/aromatic N) is 2. The number of benzene rings is 9. The molecule has 9 aromatic carbocycles. The summed E-state index contributed by atoms with van der Waals surface area (Å²) in [5.74, 6) is 0. The number of fused-ring (bicyclic) bond motifs is 4. The number of para-hydroxylation sites is 1. The van der Waals surface area contributed by atoms with E-state index < -0.39 is 0 Å². The van der Waals surface area contributed by atoms with Gasteiger partial charge < -0.3 is 9.32 Å². The fraction of sp³-hybridized carbons (Fsp3) is 0. The SMILES string of the molecule is c1ccc(-c2ccc(-c3ccc(N(c4ccc(-c5ccccc5)cc4)c4ccc(-c5c6oc7ccccc7c6cc6nc(-c7ccccc7)sc56)cc4)cc3)cc2)cc1. The first kappa shape index (κ1) is 34.7. The molecular formula is C55H36N2OS. The van der Waals surface area contributed by atoms with Gasteiger partial charge in [-0.1, -0.05) is 170 Å². The van der Waals surface area contributed by atoms with Crippen LogP contribution in [0.1, 0.15) is 0 Å². The highest BCUT2D eigenvalue weighted by Gasteiger charge is 2.21. The molecule has 0 saturated carbocycles. The summed E-state index contributed by atoms with van der Waals surface area (Å²) in [6.07, 6.45) is 0. The van der Waals surface area contributed by atoms with Gasteiger partial charge in [0, 0.05) is 39.0 Å². The lowest BCUT2D eigenvalue weighted by molar-refractivity contribution is 0.670. The maximum atomic E-state index is 6.67. The molecule has 0 aliphatic rings. The van der Waals surface area contributed by atoms with E-state index in [1.54, 1.807) is 11.3 Å². The van der Waals surface area contributed by atoms with Gasteiger partial charge in [-0.25, -0.2) is 4.98 Å². The monoisotopic (exact) mass is 772 g/mol. The van der Waals surface area contributed by atoms with Crippen molar-refractivity contribution in [2.24, 2.45) is 0 Å². The zero-order valence-electron chi connectivity index (χ0n) is 32.0. The number of hydrogen-bond donors (Lipinski definition) is 0. The van der Waals surface area contributed by atoms with Gasteiger partial charge in [-0.3, -0.25) is 0 Å². The van der Waals surface area contributed by atoms with Crippen molar-refractivity contribution in [2.75, 3.05) is 4.90 Å². The Kier molecular flexibility index (Phi) is 8.68. The van der Waals surface area contributed by atoms with E-state index in [2.05, 4.69) is 205 Å². The molecule has 0 bridgehead atoms. The molecule has 0 atom stereocenters. The van der Waals surface area contributed by atoms with Gasteiger partial charge in [-0.05, 0) is 87.5 Å². The smallest absolute Gasteiger partial charge is 0.144 e. The normalized spacial score (nSPS) is 11.4. The molecule has 59 heavy (non-hydrogen) atoms. The van der Waals surface area contributed by atoms with Crippen LogP contribution in [0, 0.1) is 0 Å². The minimum atomic E-state index is 0.877. The molecule has 0 amide bonds. The van der Waals surface area contributed by atoms with Gasteiger partial charge in [-0.15, -0.1) is 11.3 Å². The molecule has 11 rings (SSSR count). The number of thiazole rings is 1. The van der Waals surface area contributed by atoms with E-state index in [4.69, 9.17) is 9.40 Å². The summed E-state index contributed by atoms with van der Waals surface area (Å²) in [6, 6.07) is 77.4. The molecule has 0 fully saturated rings. The van der Waals surface area contributed by atoms with Gasteiger partial charge in [0.25, 0.3) is 0 Å². The molecule has 3 nitrogen and oxygen atoms in total. The van der Waals surface area contributed by atoms with Crippen molar-refractivity contribution in [3.05, 3.63) is 218 Å². The third kappa shape index (κ3) is 6.46. The Morgan fingerprint density at radius 1 is 0.373 bits per heavy atom. The van der Waals surface area contributed by atoms with Gasteiger partial charge >= 0.3 is 0 Å². The van der Waals surface area contributed by atoms with Crippen LogP contribution in [0.4, 0.5) is 17.1 Å². The number of rotatable bonds is 8. The van der Waals surface area contributed by atoms with Crippen LogP contribution < -0.4 is 4.90 Å². The summed E-state index contributed by atoms with van der Waals surface area (Å²) in [7, 11) is 0. The van der Waals surface area contributed by atoms with E-state index in [1.165, 1.54) is 33.4 Å². The summed E-state index contributed by atoms with van der Waals surface area (Å²) in [6.45, 7) is 0. The molecule has 0 spiro atoms. The van der Waals surface area contributed by atoms with Gasteiger partial charge in [0.15, 0.2) is 0 Å². The molecule has 0 radical (unpaired) electrons. The van der Waals surface area contributed by atoms with Crippen LogP contribution in [0.15, 0.2) is 223 Å². The molecule has 278 valence electrons.